The highest BCUT2D eigenvalue weighted by Gasteiger charge is 2.59. The molecule has 6 rings (SSSR count). The van der Waals surface area contributed by atoms with Crippen LogP contribution in [0, 0.1) is 12.3 Å². The van der Waals surface area contributed by atoms with Gasteiger partial charge in [0.05, 0.1) is 10.6 Å². The van der Waals surface area contributed by atoms with Gasteiger partial charge in [-0.25, -0.2) is 0 Å². The number of carbonyl (C=O) groups is 1. The molecular formula is C23H29ClN2O2. The Labute approximate surface area is 171 Å². The maximum atomic E-state index is 13.3. The van der Waals surface area contributed by atoms with E-state index in [2.05, 4.69) is 29.8 Å². The number of carbonyl (C=O) groups excluding carboxylic acids is 1. The first kappa shape index (κ1) is 18.5. The molecule has 28 heavy (non-hydrogen) atoms. The quantitative estimate of drug-likeness (QED) is 0.768. The fraction of sp³-hybridized carbons (Fsp3) is 0.609. The van der Waals surface area contributed by atoms with E-state index in [0.717, 1.165) is 59.2 Å². The number of nitrogens with one attached hydrogen (secondary N) is 1. The van der Waals surface area contributed by atoms with Crippen molar-refractivity contribution in [2.75, 3.05) is 0 Å². The molecule has 3 unspecified atom stereocenters. The molecule has 2 N–H and O–H groups in total. The Hall–Kier alpha value is -1.52. The zero-order chi connectivity index (χ0) is 19.8. The minimum Gasteiger partial charge on any atom is -0.390 e. The van der Waals surface area contributed by atoms with E-state index < -0.39 is 5.60 Å². The molecule has 1 amide bonds. The number of aliphatic hydroxyl groups is 1. The lowest BCUT2D eigenvalue weighted by atomic mass is 9.54. The molecule has 3 atom stereocenters. The molecule has 2 aromatic rings. The SMILES string of the molecule is Cc1ccc2[nH]cc(C(C)CC(=O)N3C4CC5(C)CC3CC(O)(C4)C5)c2c1Cl. The Morgan fingerprint density at radius 1 is 1.32 bits per heavy atom. The van der Waals surface area contributed by atoms with Crippen LogP contribution in [0.15, 0.2) is 18.3 Å². The minimum atomic E-state index is -0.551. The van der Waals surface area contributed by atoms with Crippen molar-refractivity contribution in [2.24, 2.45) is 5.41 Å². The summed E-state index contributed by atoms with van der Waals surface area (Å²) in [5.74, 6) is 0.322. The van der Waals surface area contributed by atoms with Crippen LogP contribution in [-0.2, 0) is 4.79 Å². The predicted octanol–water partition coefficient (Wildman–Crippen LogP) is 4.92. The lowest BCUT2D eigenvalue weighted by molar-refractivity contribution is -0.193. The molecule has 0 radical (unpaired) electrons. The van der Waals surface area contributed by atoms with E-state index in [-0.39, 0.29) is 29.3 Å². The number of aryl methyl sites for hydroxylation is 1. The van der Waals surface area contributed by atoms with Gasteiger partial charge in [-0.05, 0) is 67.6 Å². The van der Waals surface area contributed by atoms with Gasteiger partial charge < -0.3 is 15.0 Å². The molecular weight excluding hydrogens is 372 g/mol. The fourth-order valence-corrected chi connectivity index (χ4v) is 6.96. The molecule has 0 spiro atoms. The first-order valence-electron chi connectivity index (χ1n) is 10.5. The molecule has 2 saturated heterocycles. The van der Waals surface area contributed by atoms with Crippen LogP contribution in [-0.4, -0.2) is 38.6 Å². The van der Waals surface area contributed by atoms with Crippen LogP contribution in [0.1, 0.15) is 69.4 Å². The zero-order valence-corrected chi connectivity index (χ0v) is 17.6. The van der Waals surface area contributed by atoms with Crippen molar-refractivity contribution in [3.05, 3.63) is 34.5 Å². The molecule has 150 valence electrons. The van der Waals surface area contributed by atoms with Crippen molar-refractivity contribution < 1.29 is 9.90 Å². The number of aromatic nitrogens is 1. The third kappa shape index (κ3) is 2.72. The summed E-state index contributed by atoms with van der Waals surface area (Å²) in [4.78, 5) is 18.8. The second kappa shape index (κ2) is 5.99. The van der Waals surface area contributed by atoms with Gasteiger partial charge in [0.25, 0.3) is 0 Å². The van der Waals surface area contributed by atoms with Crippen LogP contribution in [0.5, 0.6) is 0 Å². The average Bonchev–Trinajstić information content (AvgIpc) is 3.00. The summed E-state index contributed by atoms with van der Waals surface area (Å²) in [5.41, 5.74) is 2.85. The number of rotatable bonds is 3. The largest absolute Gasteiger partial charge is 0.390 e. The van der Waals surface area contributed by atoms with Gasteiger partial charge in [-0.3, -0.25) is 4.79 Å². The Kier molecular flexibility index (Phi) is 3.96. The molecule has 2 aliphatic heterocycles. The first-order valence-corrected chi connectivity index (χ1v) is 10.9. The van der Waals surface area contributed by atoms with E-state index in [1.807, 2.05) is 19.2 Å². The fourth-order valence-electron chi connectivity index (χ4n) is 6.68. The summed E-state index contributed by atoms with van der Waals surface area (Å²) in [6, 6.07) is 4.47. The van der Waals surface area contributed by atoms with Crippen LogP contribution in [0.25, 0.3) is 10.9 Å². The van der Waals surface area contributed by atoms with E-state index in [9.17, 15) is 9.90 Å². The normalized spacial score (nSPS) is 35.0. The van der Waals surface area contributed by atoms with Crippen LogP contribution < -0.4 is 0 Å². The molecule has 1 aromatic heterocycles. The number of aromatic amines is 1. The van der Waals surface area contributed by atoms with Crippen molar-refractivity contribution in [3.63, 3.8) is 0 Å². The zero-order valence-electron chi connectivity index (χ0n) is 16.9. The number of fused-ring (bicyclic) bond motifs is 1. The van der Waals surface area contributed by atoms with Gasteiger partial charge in [-0.1, -0.05) is 31.5 Å². The van der Waals surface area contributed by atoms with Crippen molar-refractivity contribution in [2.45, 2.75) is 82.9 Å². The Bertz CT molecular complexity index is 929. The maximum Gasteiger partial charge on any atom is 0.223 e. The van der Waals surface area contributed by atoms with E-state index in [1.165, 1.54) is 0 Å². The molecule has 4 fully saturated rings. The van der Waals surface area contributed by atoms with E-state index in [1.54, 1.807) is 0 Å². The number of amides is 1. The second-order valence-corrected chi connectivity index (χ2v) is 10.5. The van der Waals surface area contributed by atoms with Crippen LogP contribution in [0.3, 0.4) is 0 Å². The highest BCUT2D eigenvalue weighted by Crippen LogP contribution is 2.57. The summed E-state index contributed by atoms with van der Waals surface area (Å²) < 4.78 is 0. The van der Waals surface area contributed by atoms with Gasteiger partial charge in [0.15, 0.2) is 0 Å². The minimum absolute atomic E-state index is 0.0939. The summed E-state index contributed by atoms with van der Waals surface area (Å²) in [6.45, 7) is 6.42. The van der Waals surface area contributed by atoms with Gasteiger partial charge in [0.2, 0.25) is 5.91 Å². The number of H-pyrrole nitrogens is 1. The molecule has 5 heteroatoms. The number of hydrogen-bond donors (Lipinski definition) is 2. The van der Waals surface area contributed by atoms with E-state index in [4.69, 9.17) is 11.6 Å². The van der Waals surface area contributed by atoms with E-state index >= 15 is 0 Å². The molecule has 4 aliphatic rings. The lowest BCUT2D eigenvalue weighted by Gasteiger charge is -2.63. The van der Waals surface area contributed by atoms with Gasteiger partial charge in [-0.2, -0.15) is 0 Å². The molecule has 4 bridgehead atoms. The highest BCUT2D eigenvalue weighted by molar-refractivity contribution is 6.36. The van der Waals surface area contributed by atoms with Crippen LogP contribution in [0.4, 0.5) is 0 Å². The maximum absolute atomic E-state index is 13.3. The van der Waals surface area contributed by atoms with Crippen LogP contribution in [0.2, 0.25) is 5.02 Å². The second-order valence-electron chi connectivity index (χ2n) is 10.1. The summed E-state index contributed by atoms with van der Waals surface area (Å²) in [7, 11) is 0. The van der Waals surface area contributed by atoms with Crippen molar-refractivity contribution >= 4 is 28.4 Å². The topological polar surface area (TPSA) is 56.3 Å². The smallest absolute Gasteiger partial charge is 0.223 e. The predicted molar refractivity (Wildman–Crippen MR) is 112 cm³/mol. The highest BCUT2D eigenvalue weighted by atomic mass is 35.5. The van der Waals surface area contributed by atoms with Gasteiger partial charge >= 0.3 is 0 Å². The van der Waals surface area contributed by atoms with E-state index in [0.29, 0.717) is 6.42 Å². The summed E-state index contributed by atoms with van der Waals surface area (Å²) in [6.07, 6.45) is 6.95. The van der Waals surface area contributed by atoms with Crippen molar-refractivity contribution in [1.82, 2.24) is 9.88 Å². The Morgan fingerprint density at radius 3 is 2.64 bits per heavy atom. The molecule has 2 aliphatic carbocycles. The monoisotopic (exact) mass is 400 g/mol. The average molecular weight is 401 g/mol. The van der Waals surface area contributed by atoms with Gasteiger partial charge in [0, 0.05) is 35.6 Å². The first-order chi connectivity index (χ1) is 13.2. The molecule has 4 nitrogen and oxygen atoms in total. The van der Waals surface area contributed by atoms with Gasteiger partial charge in [-0.15, -0.1) is 0 Å². The number of piperidine rings is 2. The lowest BCUT2D eigenvalue weighted by Crippen LogP contribution is -2.68. The Morgan fingerprint density at radius 2 is 2.00 bits per heavy atom. The number of hydrogen-bond acceptors (Lipinski definition) is 2. The Balaban J connectivity index is 1.39. The van der Waals surface area contributed by atoms with Crippen LogP contribution >= 0.6 is 11.6 Å². The summed E-state index contributed by atoms with van der Waals surface area (Å²) in [5, 5.41) is 12.7. The standard InChI is InChI=1S/C23H29ClN2O2/c1-13-4-5-18-20(21(13)24)17(11-25-18)14(2)6-19(27)26-15-7-22(3)8-16(26)10-23(28,9-15)12-22/h4-5,11,14-16,25,28H,6-10,12H2,1-3H3. The number of nitrogens with zero attached hydrogens (tertiary/aromatic N) is 1. The third-order valence-electron chi connectivity index (χ3n) is 7.54. The number of benzene rings is 1. The molecule has 2 saturated carbocycles. The molecule has 3 heterocycles. The summed E-state index contributed by atoms with van der Waals surface area (Å²) >= 11 is 6.59. The molecule has 1 aromatic carbocycles. The van der Waals surface area contributed by atoms with Gasteiger partial charge in [0.1, 0.15) is 0 Å². The third-order valence-corrected chi connectivity index (χ3v) is 8.02. The number of halogens is 1. The van der Waals surface area contributed by atoms with Crippen molar-refractivity contribution in [1.29, 1.82) is 0 Å². The van der Waals surface area contributed by atoms with Crippen molar-refractivity contribution in [3.8, 4) is 0 Å².